The fraction of sp³-hybridized carbons (Fsp3) is 0.364. The molecule has 0 aliphatic rings. The molecule has 2 amide bonds. The molecule has 1 unspecified atom stereocenters. The molecule has 0 fully saturated rings. The number of rotatable bonds is 15. The molecule has 0 saturated heterocycles. The lowest BCUT2D eigenvalue weighted by molar-refractivity contribution is -0.123. The van der Waals surface area contributed by atoms with E-state index >= 15 is 0 Å². The van der Waals surface area contributed by atoms with Crippen molar-refractivity contribution in [1.29, 1.82) is 5.26 Å². The lowest BCUT2D eigenvalue weighted by Gasteiger charge is -2.20. The average molecular weight is 542 g/mol. The van der Waals surface area contributed by atoms with Crippen LogP contribution in [0.3, 0.4) is 0 Å². The highest BCUT2D eigenvalue weighted by Gasteiger charge is 2.22. The molecule has 0 aliphatic carbocycles. The van der Waals surface area contributed by atoms with Crippen molar-refractivity contribution in [3.63, 3.8) is 0 Å². The minimum atomic E-state index is -0.625. The lowest BCUT2D eigenvalue weighted by atomic mass is 10.0. The molecule has 3 aromatic carbocycles. The summed E-state index contributed by atoms with van der Waals surface area (Å²) in [7, 11) is 0. The largest absolute Gasteiger partial charge is 0.494 e. The van der Waals surface area contributed by atoms with Crippen LogP contribution in [0.4, 0.5) is 4.79 Å². The van der Waals surface area contributed by atoms with E-state index in [0.717, 1.165) is 48.1 Å². The maximum atomic E-state index is 12.7. The summed E-state index contributed by atoms with van der Waals surface area (Å²) < 4.78 is 11.2. The van der Waals surface area contributed by atoms with E-state index in [1.165, 1.54) is 0 Å². The van der Waals surface area contributed by atoms with Gasteiger partial charge in [-0.3, -0.25) is 4.79 Å². The van der Waals surface area contributed by atoms with E-state index in [1.807, 2.05) is 92.7 Å². The number of unbranched alkanes of at least 4 members (excludes halogenated alkanes) is 3. The number of nitrogens with one attached hydrogen (secondary N) is 2. The molecule has 1 atom stereocenters. The fourth-order valence-corrected chi connectivity index (χ4v) is 4.20. The zero-order chi connectivity index (χ0) is 28.6. The van der Waals surface area contributed by atoms with Gasteiger partial charge in [0.05, 0.1) is 18.2 Å². The number of ether oxygens (including phenoxy) is 2. The average Bonchev–Trinajstić information content (AvgIpc) is 2.97. The monoisotopic (exact) mass is 541 g/mol. The highest BCUT2D eigenvalue weighted by molar-refractivity contribution is 5.85. The zero-order valence-corrected chi connectivity index (χ0v) is 23.4. The standard InChI is InChI=1S/C33H39N3O4/c1-25(2)22-31(36-33(38)40-24-27-10-6-5-7-11-27)32(37)35-20-8-3-4-9-21-39-30-18-16-29(17-19-30)28-14-12-26(23-34)13-15-28/h5-7,10-19,25,31H,3-4,8-9,20-22,24H2,1-2H3,(H,35,37)(H,36,38). The predicted octanol–water partition coefficient (Wildman–Crippen LogP) is 6.62. The van der Waals surface area contributed by atoms with Crippen molar-refractivity contribution in [2.45, 2.75) is 58.6 Å². The van der Waals surface area contributed by atoms with Gasteiger partial charge in [0.1, 0.15) is 18.4 Å². The maximum Gasteiger partial charge on any atom is 0.408 e. The van der Waals surface area contributed by atoms with Gasteiger partial charge < -0.3 is 20.1 Å². The molecule has 7 heteroatoms. The maximum absolute atomic E-state index is 12.7. The van der Waals surface area contributed by atoms with E-state index in [2.05, 4.69) is 16.7 Å². The van der Waals surface area contributed by atoms with Crippen molar-refractivity contribution in [2.24, 2.45) is 5.92 Å². The van der Waals surface area contributed by atoms with Crippen LogP contribution in [-0.2, 0) is 16.1 Å². The third-order valence-electron chi connectivity index (χ3n) is 6.37. The van der Waals surface area contributed by atoms with Gasteiger partial charge in [0.25, 0.3) is 0 Å². The molecule has 0 bridgehead atoms. The predicted molar refractivity (Wildman–Crippen MR) is 157 cm³/mol. The zero-order valence-electron chi connectivity index (χ0n) is 23.4. The number of amides is 2. The molecule has 210 valence electrons. The Morgan fingerprint density at radius 2 is 1.50 bits per heavy atom. The van der Waals surface area contributed by atoms with Gasteiger partial charge in [0.2, 0.25) is 5.91 Å². The summed E-state index contributed by atoms with van der Waals surface area (Å²) in [6.45, 7) is 5.39. The molecule has 0 aliphatic heterocycles. The Balaban J connectivity index is 1.28. The second-order valence-electron chi connectivity index (χ2n) is 10.2. The quantitative estimate of drug-likeness (QED) is 0.211. The first-order valence-corrected chi connectivity index (χ1v) is 13.9. The van der Waals surface area contributed by atoms with Gasteiger partial charge in [-0.05, 0) is 66.1 Å². The van der Waals surface area contributed by atoms with Crippen LogP contribution in [0.25, 0.3) is 11.1 Å². The summed E-state index contributed by atoms with van der Waals surface area (Å²) in [6, 6.07) is 26.4. The first-order valence-electron chi connectivity index (χ1n) is 13.9. The van der Waals surface area contributed by atoms with Gasteiger partial charge >= 0.3 is 6.09 Å². The van der Waals surface area contributed by atoms with E-state index in [9.17, 15) is 9.59 Å². The Labute approximate surface area is 237 Å². The second kappa shape index (κ2) is 16.6. The Morgan fingerprint density at radius 1 is 0.850 bits per heavy atom. The summed E-state index contributed by atoms with van der Waals surface area (Å²) in [5.74, 6) is 0.895. The molecule has 3 rings (SSSR count). The van der Waals surface area contributed by atoms with Crippen LogP contribution < -0.4 is 15.4 Å². The Kier molecular flexibility index (Phi) is 12.6. The van der Waals surface area contributed by atoms with Crippen LogP contribution >= 0.6 is 0 Å². The molecular weight excluding hydrogens is 502 g/mol. The van der Waals surface area contributed by atoms with E-state index < -0.39 is 12.1 Å². The Bertz CT molecular complexity index is 1220. The van der Waals surface area contributed by atoms with Crippen molar-refractivity contribution < 1.29 is 19.1 Å². The van der Waals surface area contributed by atoms with Crippen LogP contribution in [0, 0.1) is 17.2 Å². The molecule has 0 saturated carbocycles. The normalized spacial score (nSPS) is 11.3. The number of nitriles is 1. The second-order valence-corrected chi connectivity index (χ2v) is 10.2. The van der Waals surface area contributed by atoms with Crippen LogP contribution in [-0.4, -0.2) is 31.2 Å². The SMILES string of the molecule is CC(C)CC(NC(=O)OCc1ccccc1)C(=O)NCCCCCCOc1ccc(-c2ccc(C#N)cc2)cc1. The molecule has 0 aromatic heterocycles. The summed E-state index contributed by atoms with van der Waals surface area (Å²) in [5, 5.41) is 14.6. The molecular formula is C33H39N3O4. The van der Waals surface area contributed by atoms with Gasteiger partial charge in [-0.15, -0.1) is 0 Å². The molecule has 40 heavy (non-hydrogen) atoms. The molecule has 0 heterocycles. The summed E-state index contributed by atoms with van der Waals surface area (Å²) in [6.07, 6.45) is 3.71. The molecule has 0 radical (unpaired) electrons. The van der Waals surface area contributed by atoms with Crippen LogP contribution in [0.2, 0.25) is 0 Å². The van der Waals surface area contributed by atoms with Crippen LogP contribution in [0.5, 0.6) is 5.75 Å². The summed E-state index contributed by atoms with van der Waals surface area (Å²) in [4.78, 5) is 25.0. The number of hydrogen-bond donors (Lipinski definition) is 2. The van der Waals surface area contributed by atoms with E-state index in [1.54, 1.807) is 0 Å². The summed E-state index contributed by atoms with van der Waals surface area (Å²) in [5.41, 5.74) is 3.68. The Morgan fingerprint density at radius 3 is 2.15 bits per heavy atom. The van der Waals surface area contributed by atoms with Gasteiger partial charge in [0, 0.05) is 6.54 Å². The van der Waals surface area contributed by atoms with Crippen molar-refractivity contribution in [2.75, 3.05) is 13.2 Å². The minimum absolute atomic E-state index is 0.163. The third kappa shape index (κ3) is 10.8. The van der Waals surface area contributed by atoms with Crippen molar-refractivity contribution in [3.8, 4) is 22.9 Å². The van der Waals surface area contributed by atoms with Crippen molar-refractivity contribution in [3.05, 3.63) is 90.0 Å². The third-order valence-corrected chi connectivity index (χ3v) is 6.37. The number of benzene rings is 3. The van der Waals surface area contributed by atoms with E-state index in [0.29, 0.717) is 25.1 Å². The molecule has 3 aromatic rings. The first kappa shape index (κ1) is 30.2. The van der Waals surface area contributed by atoms with Crippen molar-refractivity contribution in [1.82, 2.24) is 10.6 Å². The first-order chi connectivity index (χ1) is 19.4. The topological polar surface area (TPSA) is 100 Å². The molecule has 0 spiro atoms. The fourth-order valence-electron chi connectivity index (χ4n) is 4.20. The summed E-state index contributed by atoms with van der Waals surface area (Å²) >= 11 is 0. The molecule has 2 N–H and O–H groups in total. The van der Waals surface area contributed by atoms with E-state index in [-0.39, 0.29) is 18.4 Å². The van der Waals surface area contributed by atoms with Crippen LogP contribution in [0.1, 0.15) is 57.1 Å². The number of carbonyl (C=O) groups excluding carboxylic acids is 2. The van der Waals surface area contributed by atoms with E-state index in [4.69, 9.17) is 14.7 Å². The highest BCUT2D eigenvalue weighted by atomic mass is 16.5. The highest BCUT2D eigenvalue weighted by Crippen LogP contribution is 2.23. The van der Waals surface area contributed by atoms with Gasteiger partial charge in [0.15, 0.2) is 0 Å². The number of hydrogen-bond acceptors (Lipinski definition) is 5. The number of carbonyl (C=O) groups is 2. The van der Waals surface area contributed by atoms with Gasteiger partial charge in [-0.1, -0.05) is 81.3 Å². The van der Waals surface area contributed by atoms with Gasteiger partial charge in [-0.25, -0.2) is 4.79 Å². The minimum Gasteiger partial charge on any atom is -0.494 e. The van der Waals surface area contributed by atoms with Crippen LogP contribution in [0.15, 0.2) is 78.9 Å². The Hall–Kier alpha value is -4.31. The van der Waals surface area contributed by atoms with Gasteiger partial charge in [-0.2, -0.15) is 5.26 Å². The molecule has 7 nitrogen and oxygen atoms in total. The smallest absolute Gasteiger partial charge is 0.408 e. The lowest BCUT2D eigenvalue weighted by Crippen LogP contribution is -2.47. The van der Waals surface area contributed by atoms with Crippen molar-refractivity contribution >= 4 is 12.0 Å². The number of nitrogens with zero attached hydrogens (tertiary/aromatic N) is 1. The number of alkyl carbamates (subject to hydrolysis) is 1.